The standard InChI is InChI=1S/C18H18F2N2O2S/c1-2-21-10-12(8-17(21)23)18(24)22(11-14-4-3-7-25-14)16-6-5-13(19)9-15(16)20/h3-7,9,12H,2,8,10-11H2,1H3/t12-/m1/s1. The zero-order valence-corrected chi connectivity index (χ0v) is 14.6. The van der Waals surface area contributed by atoms with Crippen LogP contribution in [0.1, 0.15) is 18.2 Å². The van der Waals surface area contributed by atoms with E-state index in [4.69, 9.17) is 0 Å². The molecule has 0 N–H and O–H groups in total. The predicted molar refractivity (Wildman–Crippen MR) is 92.2 cm³/mol. The summed E-state index contributed by atoms with van der Waals surface area (Å²) in [6.45, 7) is 2.92. The molecule has 0 aliphatic carbocycles. The number of carbonyl (C=O) groups is 2. The molecule has 3 rings (SSSR count). The number of hydrogen-bond donors (Lipinski definition) is 0. The molecule has 0 spiro atoms. The van der Waals surface area contributed by atoms with Crippen molar-refractivity contribution in [3.63, 3.8) is 0 Å². The molecule has 0 saturated carbocycles. The van der Waals surface area contributed by atoms with Gasteiger partial charge in [0.15, 0.2) is 0 Å². The molecule has 2 amide bonds. The van der Waals surface area contributed by atoms with Crippen LogP contribution >= 0.6 is 11.3 Å². The Kier molecular flexibility index (Phi) is 5.13. The first-order valence-corrected chi connectivity index (χ1v) is 8.94. The zero-order valence-electron chi connectivity index (χ0n) is 13.7. The van der Waals surface area contributed by atoms with Crippen molar-refractivity contribution >= 4 is 28.8 Å². The molecule has 1 fully saturated rings. The number of nitrogens with zero attached hydrogens (tertiary/aromatic N) is 2. The fourth-order valence-corrected chi connectivity index (χ4v) is 3.70. The number of hydrogen-bond acceptors (Lipinski definition) is 3. The third-order valence-electron chi connectivity index (χ3n) is 4.31. The molecule has 0 radical (unpaired) electrons. The topological polar surface area (TPSA) is 40.6 Å². The second-order valence-electron chi connectivity index (χ2n) is 5.93. The molecule has 2 aromatic rings. The molecule has 25 heavy (non-hydrogen) atoms. The van der Waals surface area contributed by atoms with Crippen LogP contribution in [-0.4, -0.2) is 29.8 Å². The first-order chi connectivity index (χ1) is 12.0. The highest BCUT2D eigenvalue weighted by Crippen LogP contribution is 2.28. The highest BCUT2D eigenvalue weighted by molar-refractivity contribution is 7.09. The third-order valence-corrected chi connectivity index (χ3v) is 5.17. The normalized spacial score (nSPS) is 17.2. The summed E-state index contributed by atoms with van der Waals surface area (Å²) in [5.74, 6) is -2.39. The number of rotatable bonds is 5. The minimum Gasteiger partial charge on any atom is -0.342 e. The number of likely N-dealkylation sites (tertiary alicyclic amines) is 1. The maximum atomic E-state index is 14.3. The van der Waals surface area contributed by atoms with Gasteiger partial charge in [-0.05, 0) is 30.5 Å². The van der Waals surface area contributed by atoms with E-state index >= 15 is 0 Å². The fourth-order valence-electron chi connectivity index (χ4n) is 3.00. The average molecular weight is 364 g/mol. The van der Waals surface area contributed by atoms with E-state index in [1.165, 1.54) is 22.3 Å². The highest BCUT2D eigenvalue weighted by atomic mass is 32.1. The summed E-state index contributed by atoms with van der Waals surface area (Å²) in [6.07, 6.45) is 0.121. The van der Waals surface area contributed by atoms with Gasteiger partial charge >= 0.3 is 0 Å². The lowest BCUT2D eigenvalue weighted by atomic mass is 10.1. The Labute approximate surface area is 148 Å². The lowest BCUT2D eigenvalue weighted by Crippen LogP contribution is -2.37. The first kappa shape index (κ1) is 17.5. The lowest BCUT2D eigenvalue weighted by Gasteiger charge is -2.25. The van der Waals surface area contributed by atoms with Gasteiger partial charge in [-0.3, -0.25) is 9.59 Å². The van der Waals surface area contributed by atoms with Crippen LogP contribution in [-0.2, 0) is 16.1 Å². The number of benzene rings is 1. The average Bonchev–Trinajstić information content (AvgIpc) is 3.22. The molecule has 1 aliphatic rings. The van der Waals surface area contributed by atoms with E-state index in [9.17, 15) is 18.4 Å². The van der Waals surface area contributed by atoms with Gasteiger partial charge in [-0.2, -0.15) is 0 Å². The molecule has 1 atom stereocenters. The van der Waals surface area contributed by atoms with Gasteiger partial charge < -0.3 is 9.80 Å². The minimum absolute atomic E-state index is 0.0298. The fraction of sp³-hybridized carbons (Fsp3) is 0.333. The molecular formula is C18H18F2N2O2S. The number of amides is 2. The maximum Gasteiger partial charge on any atom is 0.232 e. The van der Waals surface area contributed by atoms with Crippen molar-refractivity contribution in [1.82, 2.24) is 4.90 Å². The Balaban J connectivity index is 1.91. The Morgan fingerprint density at radius 2 is 2.16 bits per heavy atom. The number of carbonyl (C=O) groups excluding carboxylic acids is 2. The van der Waals surface area contributed by atoms with Crippen LogP contribution in [0.4, 0.5) is 14.5 Å². The first-order valence-electron chi connectivity index (χ1n) is 8.06. The van der Waals surface area contributed by atoms with Crippen LogP contribution in [0.25, 0.3) is 0 Å². The molecule has 132 valence electrons. The zero-order chi connectivity index (χ0) is 18.0. The van der Waals surface area contributed by atoms with Gasteiger partial charge in [0.2, 0.25) is 11.8 Å². The smallest absolute Gasteiger partial charge is 0.232 e. The molecule has 4 nitrogen and oxygen atoms in total. The van der Waals surface area contributed by atoms with Gasteiger partial charge in [-0.15, -0.1) is 11.3 Å². The molecule has 7 heteroatoms. The Bertz CT molecular complexity index is 779. The second kappa shape index (κ2) is 7.31. The van der Waals surface area contributed by atoms with Crippen molar-refractivity contribution in [3.8, 4) is 0 Å². The van der Waals surface area contributed by atoms with Crippen molar-refractivity contribution in [2.75, 3.05) is 18.0 Å². The lowest BCUT2D eigenvalue weighted by molar-refractivity contribution is -0.128. The predicted octanol–water partition coefficient (Wildman–Crippen LogP) is 3.43. The van der Waals surface area contributed by atoms with E-state index in [0.29, 0.717) is 13.1 Å². The molecule has 1 saturated heterocycles. The van der Waals surface area contributed by atoms with Gasteiger partial charge in [0.1, 0.15) is 11.6 Å². The quantitative estimate of drug-likeness (QED) is 0.816. The molecule has 1 aliphatic heterocycles. The Hall–Kier alpha value is -2.28. The van der Waals surface area contributed by atoms with Crippen LogP contribution in [0.15, 0.2) is 35.7 Å². The number of halogens is 2. The largest absolute Gasteiger partial charge is 0.342 e. The molecule has 1 aromatic carbocycles. The SMILES string of the molecule is CCN1C[C@H](C(=O)N(Cc2cccs2)c2ccc(F)cc2F)CC1=O. The summed E-state index contributed by atoms with van der Waals surface area (Å²) in [5, 5.41) is 1.87. The Morgan fingerprint density at radius 3 is 2.76 bits per heavy atom. The van der Waals surface area contributed by atoms with Crippen LogP contribution in [0.3, 0.4) is 0 Å². The van der Waals surface area contributed by atoms with E-state index in [-0.39, 0.29) is 30.5 Å². The van der Waals surface area contributed by atoms with Crippen molar-refractivity contribution in [2.45, 2.75) is 19.9 Å². The summed E-state index contributed by atoms with van der Waals surface area (Å²) in [4.78, 5) is 28.8. The van der Waals surface area contributed by atoms with E-state index < -0.39 is 17.6 Å². The van der Waals surface area contributed by atoms with Crippen molar-refractivity contribution in [1.29, 1.82) is 0 Å². The van der Waals surface area contributed by atoms with E-state index in [0.717, 1.165) is 17.0 Å². The third kappa shape index (κ3) is 3.71. The highest BCUT2D eigenvalue weighted by Gasteiger charge is 2.37. The summed E-state index contributed by atoms with van der Waals surface area (Å²) in [7, 11) is 0. The molecule has 0 bridgehead atoms. The molecule has 1 aromatic heterocycles. The molecular weight excluding hydrogens is 346 g/mol. The van der Waals surface area contributed by atoms with Gasteiger partial charge in [-0.25, -0.2) is 8.78 Å². The van der Waals surface area contributed by atoms with E-state index in [2.05, 4.69) is 0 Å². The van der Waals surface area contributed by atoms with Crippen molar-refractivity contribution < 1.29 is 18.4 Å². The van der Waals surface area contributed by atoms with Gasteiger partial charge in [0.25, 0.3) is 0 Å². The molecule has 2 heterocycles. The number of thiophene rings is 1. The summed E-state index contributed by atoms with van der Waals surface area (Å²) >= 11 is 1.45. The van der Waals surface area contributed by atoms with Crippen LogP contribution in [0.5, 0.6) is 0 Å². The van der Waals surface area contributed by atoms with Crippen LogP contribution in [0.2, 0.25) is 0 Å². The van der Waals surface area contributed by atoms with Gasteiger partial charge in [0, 0.05) is 30.5 Å². The summed E-state index contributed by atoms with van der Waals surface area (Å²) in [5.41, 5.74) is 0.0298. The van der Waals surface area contributed by atoms with Crippen molar-refractivity contribution in [2.24, 2.45) is 5.92 Å². The van der Waals surface area contributed by atoms with Crippen LogP contribution in [0, 0.1) is 17.6 Å². The monoisotopic (exact) mass is 364 g/mol. The summed E-state index contributed by atoms with van der Waals surface area (Å²) < 4.78 is 27.5. The maximum absolute atomic E-state index is 14.3. The summed E-state index contributed by atoms with van der Waals surface area (Å²) in [6, 6.07) is 6.87. The van der Waals surface area contributed by atoms with Crippen molar-refractivity contribution in [3.05, 3.63) is 52.2 Å². The van der Waals surface area contributed by atoms with E-state index in [1.54, 1.807) is 4.90 Å². The van der Waals surface area contributed by atoms with E-state index in [1.807, 2.05) is 24.4 Å². The van der Waals surface area contributed by atoms with Gasteiger partial charge in [0.05, 0.1) is 18.2 Å². The Morgan fingerprint density at radius 1 is 1.36 bits per heavy atom. The van der Waals surface area contributed by atoms with Gasteiger partial charge in [-0.1, -0.05) is 6.07 Å². The van der Waals surface area contributed by atoms with Crippen LogP contribution < -0.4 is 4.90 Å². The molecule has 0 unspecified atom stereocenters. The second-order valence-corrected chi connectivity index (χ2v) is 6.97. The minimum atomic E-state index is -0.790. The number of anilines is 1.